The highest BCUT2D eigenvalue weighted by Gasteiger charge is 2.16. The third kappa shape index (κ3) is 2.56. The van der Waals surface area contributed by atoms with Crippen LogP contribution >= 0.6 is 0 Å². The molecule has 2 rings (SSSR count). The van der Waals surface area contributed by atoms with Crippen LogP contribution in [0.2, 0.25) is 0 Å². The summed E-state index contributed by atoms with van der Waals surface area (Å²) in [6, 6.07) is 10.3. The van der Waals surface area contributed by atoms with Crippen LogP contribution in [0.15, 0.2) is 30.3 Å². The molecule has 0 spiro atoms. The number of nitrogens with two attached hydrogens (primary N) is 1. The molecular formula is C14H19N3. The van der Waals surface area contributed by atoms with Crippen molar-refractivity contribution in [2.75, 3.05) is 11.9 Å². The van der Waals surface area contributed by atoms with E-state index in [2.05, 4.69) is 43.2 Å². The van der Waals surface area contributed by atoms with Crippen LogP contribution in [0.4, 0.5) is 5.82 Å². The van der Waals surface area contributed by atoms with Gasteiger partial charge >= 0.3 is 0 Å². The number of rotatable bonds is 3. The predicted molar refractivity (Wildman–Crippen MR) is 73.2 cm³/mol. The molecule has 90 valence electrons. The largest absolute Gasteiger partial charge is 0.364 e. The van der Waals surface area contributed by atoms with Gasteiger partial charge < -0.3 is 11.1 Å². The van der Waals surface area contributed by atoms with Gasteiger partial charge in [0.05, 0.1) is 5.52 Å². The summed E-state index contributed by atoms with van der Waals surface area (Å²) in [5.41, 5.74) is 7.74. The van der Waals surface area contributed by atoms with E-state index >= 15 is 0 Å². The molecule has 0 saturated carbocycles. The summed E-state index contributed by atoms with van der Waals surface area (Å²) in [6.45, 7) is 6.78. The molecular weight excluding hydrogens is 210 g/mol. The number of para-hydroxylation sites is 1. The summed E-state index contributed by atoms with van der Waals surface area (Å²) in [6.07, 6.45) is 0. The Morgan fingerprint density at radius 2 is 2.00 bits per heavy atom. The molecule has 0 aliphatic rings. The minimum absolute atomic E-state index is 0.139. The van der Waals surface area contributed by atoms with E-state index in [0.717, 1.165) is 16.9 Å². The molecule has 0 aliphatic carbocycles. The van der Waals surface area contributed by atoms with E-state index in [0.29, 0.717) is 6.54 Å². The number of benzene rings is 1. The SMILES string of the molecule is Cc1cc2ccccc2nc1NC(C)(C)CN. The Bertz CT molecular complexity index is 532. The third-order valence-electron chi connectivity index (χ3n) is 2.88. The summed E-state index contributed by atoms with van der Waals surface area (Å²) >= 11 is 0. The predicted octanol–water partition coefficient (Wildman–Crippen LogP) is 2.69. The van der Waals surface area contributed by atoms with Crippen molar-refractivity contribution in [3.63, 3.8) is 0 Å². The van der Waals surface area contributed by atoms with Gasteiger partial charge in [-0.2, -0.15) is 0 Å². The van der Waals surface area contributed by atoms with Crippen LogP contribution in [-0.4, -0.2) is 17.1 Å². The summed E-state index contributed by atoms with van der Waals surface area (Å²) < 4.78 is 0. The fraction of sp³-hybridized carbons (Fsp3) is 0.357. The number of hydrogen-bond acceptors (Lipinski definition) is 3. The van der Waals surface area contributed by atoms with Gasteiger partial charge in [-0.1, -0.05) is 18.2 Å². The van der Waals surface area contributed by atoms with Crippen molar-refractivity contribution < 1.29 is 0 Å². The zero-order valence-electron chi connectivity index (χ0n) is 10.6. The quantitative estimate of drug-likeness (QED) is 0.850. The maximum absolute atomic E-state index is 5.73. The fourth-order valence-corrected chi connectivity index (χ4v) is 1.72. The van der Waals surface area contributed by atoms with Crippen molar-refractivity contribution in [1.29, 1.82) is 0 Å². The van der Waals surface area contributed by atoms with E-state index < -0.39 is 0 Å². The van der Waals surface area contributed by atoms with Crippen LogP contribution in [0.5, 0.6) is 0 Å². The Balaban J connectivity index is 2.44. The summed E-state index contributed by atoms with van der Waals surface area (Å²) in [4.78, 5) is 4.64. The molecule has 0 saturated heterocycles. The molecule has 1 heterocycles. The number of nitrogens with one attached hydrogen (secondary N) is 1. The van der Waals surface area contributed by atoms with Crippen LogP contribution in [-0.2, 0) is 0 Å². The van der Waals surface area contributed by atoms with E-state index in [1.165, 1.54) is 5.39 Å². The van der Waals surface area contributed by atoms with E-state index in [9.17, 15) is 0 Å². The highest BCUT2D eigenvalue weighted by Crippen LogP contribution is 2.21. The van der Waals surface area contributed by atoms with Crippen LogP contribution in [0.25, 0.3) is 10.9 Å². The normalized spacial score (nSPS) is 11.8. The Labute approximate surface area is 102 Å². The monoisotopic (exact) mass is 229 g/mol. The molecule has 3 nitrogen and oxygen atoms in total. The summed E-state index contributed by atoms with van der Waals surface area (Å²) in [5, 5.41) is 4.56. The molecule has 17 heavy (non-hydrogen) atoms. The van der Waals surface area contributed by atoms with Crippen LogP contribution in [0.3, 0.4) is 0 Å². The highest BCUT2D eigenvalue weighted by molar-refractivity contribution is 5.81. The van der Waals surface area contributed by atoms with Crippen molar-refractivity contribution in [3.8, 4) is 0 Å². The van der Waals surface area contributed by atoms with Crippen LogP contribution in [0, 0.1) is 6.92 Å². The minimum atomic E-state index is -0.139. The average Bonchev–Trinajstić information content (AvgIpc) is 2.30. The molecule has 0 radical (unpaired) electrons. The second-order valence-electron chi connectivity index (χ2n) is 5.06. The maximum atomic E-state index is 5.73. The summed E-state index contributed by atoms with van der Waals surface area (Å²) in [5.74, 6) is 0.916. The summed E-state index contributed by atoms with van der Waals surface area (Å²) in [7, 11) is 0. The first-order valence-electron chi connectivity index (χ1n) is 5.86. The molecule has 0 aliphatic heterocycles. The molecule has 1 aromatic carbocycles. The van der Waals surface area contributed by atoms with Gasteiger partial charge in [-0.05, 0) is 38.5 Å². The van der Waals surface area contributed by atoms with Gasteiger partial charge in [0.2, 0.25) is 0 Å². The third-order valence-corrected chi connectivity index (χ3v) is 2.88. The Morgan fingerprint density at radius 3 is 2.71 bits per heavy atom. The molecule has 0 atom stereocenters. The van der Waals surface area contributed by atoms with E-state index in [1.54, 1.807) is 0 Å². The number of pyridine rings is 1. The number of nitrogens with zero attached hydrogens (tertiary/aromatic N) is 1. The number of aryl methyl sites for hydroxylation is 1. The number of anilines is 1. The molecule has 0 bridgehead atoms. The van der Waals surface area contributed by atoms with Gasteiger partial charge in [-0.25, -0.2) is 4.98 Å². The molecule has 2 aromatic rings. The second kappa shape index (κ2) is 4.34. The molecule has 3 N–H and O–H groups in total. The first-order chi connectivity index (χ1) is 8.02. The fourth-order valence-electron chi connectivity index (χ4n) is 1.72. The second-order valence-corrected chi connectivity index (χ2v) is 5.06. The lowest BCUT2D eigenvalue weighted by Crippen LogP contribution is -2.39. The molecule has 0 fully saturated rings. The van der Waals surface area contributed by atoms with Gasteiger partial charge in [-0.15, -0.1) is 0 Å². The van der Waals surface area contributed by atoms with Crippen molar-refractivity contribution in [3.05, 3.63) is 35.9 Å². The van der Waals surface area contributed by atoms with Gasteiger partial charge in [0.1, 0.15) is 5.82 Å². The molecule has 3 heteroatoms. The highest BCUT2D eigenvalue weighted by atomic mass is 15.1. The first kappa shape index (κ1) is 11.9. The van der Waals surface area contributed by atoms with Gasteiger partial charge in [-0.3, -0.25) is 0 Å². The van der Waals surface area contributed by atoms with Crippen molar-refractivity contribution in [1.82, 2.24) is 4.98 Å². The van der Waals surface area contributed by atoms with E-state index in [1.807, 2.05) is 18.2 Å². The topological polar surface area (TPSA) is 50.9 Å². The van der Waals surface area contributed by atoms with Crippen molar-refractivity contribution in [2.45, 2.75) is 26.3 Å². The van der Waals surface area contributed by atoms with E-state index in [-0.39, 0.29) is 5.54 Å². The Morgan fingerprint density at radius 1 is 1.29 bits per heavy atom. The lowest BCUT2D eigenvalue weighted by Gasteiger charge is -2.26. The number of hydrogen-bond donors (Lipinski definition) is 2. The van der Waals surface area contributed by atoms with Crippen LogP contribution < -0.4 is 11.1 Å². The smallest absolute Gasteiger partial charge is 0.130 e. The van der Waals surface area contributed by atoms with Gasteiger partial charge in [0, 0.05) is 17.5 Å². The van der Waals surface area contributed by atoms with Gasteiger partial charge in [0.15, 0.2) is 0 Å². The van der Waals surface area contributed by atoms with E-state index in [4.69, 9.17) is 5.73 Å². The van der Waals surface area contributed by atoms with Crippen LogP contribution in [0.1, 0.15) is 19.4 Å². The average molecular weight is 229 g/mol. The number of fused-ring (bicyclic) bond motifs is 1. The lowest BCUT2D eigenvalue weighted by molar-refractivity contribution is 0.577. The van der Waals surface area contributed by atoms with Gasteiger partial charge in [0.25, 0.3) is 0 Å². The standard InChI is InChI=1S/C14H19N3/c1-10-8-11-6-4-5-7-12(11)16-13(10)17-14(2,3)9-15/h4-8H,9,15H2,1-3H3,(H,16,17). The van der Waals surface area contributed by atoms with Crippen molar-refractivity contribution >= 4 is 16.7 Å². The number of aromatic nitrogens is 1. The lowest BCUT2D eigenvalue weighted by atomic mass is 10.1. The Hall–Kier alpha value is -1.61. The molecule has 0 unspecified atom stereocenters. The first-order valence-corrected chi connectivity index (χ1v) is 5.86. The zero-order chi connectivity index (χ0) is 12.5. The van der Waals surface area contributed by atoms with Crippen molar-refractivity contribution in [2.24, 2.45) is 5.73 Å². The molecule has 0 amide bonds. The zero-order valence-corrected chi connectivity index (χ0v) is 10.6. The maximum Gasteiger partial charge on any atom is 0.130 e. The Kier molecular flexibility index (Phi) is 3.03. The molecule has 1 aromatic heterocycles. The minimum Gasteiger partial charge on any atom is -0.364 e.